The van der Waals surface area contributed by atoms with Crippen molar-refractivity contribution in [2.75, 3.05) is 19.6 Å². The van der Waals surface area contributed by atoms with E-state index in [4.69, 9.17) is 0 Å². The molecular weight excluding hydrogens is 351 g/mol. The molecule has 4 fully saturated rings. The van der Waals surface area contributed by atoms with E-state index in [1.165, 1.54) is 45.2 Å². The highest BCUT2D eigenvalue weighted by molar-refractivity contribution is 14.0. The van der Waals surface area contributed by atoms with E-state index in [2.05, 4.69) is 9.80 Å². The average molecular weight is 376 g/mol. The van der Waals surface area contributed by atoms with Crippen LogP contribution in [-0.4, -0.2) is 47.4 Å². The molecule has 4 aliphatic heterocycles. The van der Waals surface area contributed by atoms with Crippen LogP contribution in [0.3, 0.4) is 0 Å². The van der Waals surface area contributed by atoms with Gasteiger partial charge < -0.3 is 4.90 Å². The fourth-order valence-electron chi connectivity index (χ4n) is 5.26. The monoisotopic (exact) mass is 376 g/mol. The number of carbonyl (C=O) groups is 1. The number of fused-ring (bicyclic) bond motifs is 2. The van der Waals surface area contributed by atoms with Gasteiger partial charge in [-0.05, 0) is 63.5 Å². The molecular formula is C15H25IN2O. The maximum absolute atomic E-state index is 12.2. The smallest absolute Gasteiger partial charge is 0.222 e. The minimum atomic E-state index is 0. The van der Waals surface area contributed by atoms with Gasteiger partial charge in [-0.2, -0.15) is 0 Å². The van der Waals surface area contributed by atoms with Gasteiger partial charge in [0.25, 0.3) is 0 Å². The Morgan fingerprint density at radius 1 is 1.00 bits per heavy atom. The zero-order valence-corrected chi connectivity index (χ0v) is 13.9. The van der Waals surface area contributed by atoms with Gasteiger partial charge in [-0.25, -0.2) is 0 Å². The molecule has 0 aliphatic carbocycles. The predicted octanol–water partition coefficient (Wildman–Crippen LogP) is 2.49. The van der Waals surface area contributed by atoms with E-state index in [0.29, 0.717) is 11.9 Å². The molecule has 4 heteroatoms. The summed E-state index contributed by atoms with van der Waals surface area (Å²) in [6.45, 7) is 3.71. The first-order valence-corrected chi connectivity index (χ1v) is 7.88. The van der Waals surface area contributed by atoms with Gasteiger partial charge in [0.1, 0.15) is 0 Å². The minimum absolute atomic E-state index is 0. The molecule has 4 saturated heterocycles. The molecule has 0 bridgehead atoms. The second-order valence-corrected chi connectivity index (χ2v) is 6.74. The highest BCUT2D eigenvalue weighted by Crippen LogP contribution is 2.44. The Morgan fingerprint density at radius 3 is 2.63 bits per heavy atom. The van der Waals surface area contributed by atoms with Gasteiger partial charge in [0.15, 0.2) is 0 Å². The fraction of sp³-hybridized carbons (Fsp3) is 0.933. The first-order valence-electron chi connectivity index (χ1n) is 7.88. The number of hydrogen-bond donors (Lipinski definition) is 0. The second-order valence-electron chi connectivity index (χ2n) is 6.74. The highest BCUT2D eigenvalue weighted by atomic mass is 127. The van der Waals surface area contributed by atoms with E-state index in [1.807, 2.05) is 0 Å². The predicted molar refractivity (Wildman–Crippen MR) is 85.6 cm³/mol. The van der Waals surface area contributed by atoms with Crippen molar-refractivity contribution >= 4 is 29.9 Å². The van der Waals surface area contributed by atoms with Crippen LogP contribution in [0.25, 0.3) is 0 Å². The quantitative estimate of drug-likeness (QED) is 0.607. The van der Waals surface area contributed by atoms with Gasteiger partial charge in [0.05, 0.1) is 0 Å². The molecule has 108 valence electrons. The Hall–Kier alpha value is 0.160. The number of hydrogen-bond acceptors (Lipinski definition) is 2. The molecule has 0 N–H and O–H groups in total. The minimum Gasteiger partial charge on any atom is -0.339 e. The van der Waals surface area contributed by atoms with Gasteiger partial charge in [0, 0.05) is 25.0 Å². The molecule has 0 aromatic carbocycles. The Kier molecular flexibility index (Phi) is 4.09. The summed E-state index contributed by atoms with van der Waals surface area (Å²) in [6.07, 6.45) is 8.64. The van der Waals surface area contributed by atoms with Gasteiger partial charge >= 0.3 is 0 Å². The number of carbonyl (C=O) groups excluding carboxylic acids is 1. The molecule has 4 rings (SSSR count). The van der Waals surface area contributed by atoms with Crippen LogP contribution >= 0.6 is 24.0 Å². The zero-order chi connectivity index (χ0) is 12.1. The standard InChI is InChI=1S/C15H24N2O.HI/c18-14-7-1-6-13-12-5-3-9-16-8-2-4-11(15(12)16)10-17(13)14;/h11-13,15H,1-10H2;1H/t11-,12-,13+,15+;/m1./s1. The average Bonchev–Trinajstić information content (AvgIpc) is 2.41. The number of rotatable bonds is 0. The number of halogens is 1. The van der Waals surface area contributed by atoms with Crippen molar-refractivity contribution in [2.45, 2.75) is 57.0 Å². The van der Waals surface area contributed by atoms with Crippen LogP contribution < -0.4 is 0 Å². The van der Waals surface area contributed by atoms with Crippen LogP contribution in [0, 0.1) is 11.8 Å². The number of nitrogens with zero attached hydrogens (tertiary/aromatic N) is 2. The molecule has 0 aromatic heterocycles. The Bertz CT molecular complexity index is 360. The zero-order valence-electron chi connectivity index (χ0n) is 11.6. The first-order chi connectivity index (χ1) is 8.84. The maximum Gasteiger partial charge on any atom is 0.222 e. The van der Waals surface area contributed by atoms with Crippen molar-refractivity contribution in [2.24, 2.45) is 11.8 Å². The molecule has 19 heavy (non-hydrogen) atoms. The lowest BCUT2D eigenvalue weighted by atomic mass is 9.68. The van der Waals surface area contributed by atoms with E-state index >= 15 is 0 Å². The normalized spacial score (nSPS) is 42.1. The van der Waals surface area contributed by atoms with Gasteiger partial charge in [0.2, 0.25) is 5.91 Å². The van der Waals surface area contributed by atoms with E-state index in [-0.39, 0.29) is 24.0 Å². The van der Waals surface area contributed by atoms with Crippen LogP contribution in [0.1, 0.15) is 44.9 Å². The maximum atomic E-state index is 12.2. The molecule has 0 aromatic rings. The molecule has 0 spiro atoms. The lowest BCUT2D eigenvalue weighted by Crippen LogP contribution is -2.66. The molecule has 4 heterocycles. The number of amides is 1. The summed E-state index contributed by atoms with van der Waals surface area (Å²) in [4.78, 5) is 17.2. The van der Waals surface area contributed by atoms with Crippen molar-refractivity contribution in [3.8, 4) is 0 Å². The van der Waals surface area contributed by atoms with E-state index < -0.39 is 0 Å². The number of piperidine rings is 4. The van der Waals surface area contributed by atoms with Gasteiger partial charge in [-0.3, -0.25) is 9.69 Å². The van der Waals surface area contributed by atoms with Crippen LogP contribution in [0.2, 0.25) is 0 Å². The second kappa shape index (κ2) is 5.51. The van der Waals surface area contributed by atoms with Crippen LogP contribution in [0.5, 0.6) is 0 Å². The van der Waals surface area contributed by atoms with Gasteiger partial charge in [-0.15, -0.1) is 24.0 Å². The summed E-state index contributed by atoms with van der Waals surface area (Å²) in [5, 5.41) is 0. The van der Waals surface area contributed by atoms with Crippen molar-refractivity contribution in [3.05, 3.63) is 0 Å². The molecule has 0 saturated carbocycles. The van der Waals surface area contributed by atoms with E-state index in [0.717, 1.165) is 37.3 Å². The Balaban J connectivity index is 0.00000110. The van der Waals surface area contributed by atoms with E-state index in [1.54, 1.807) is 0 Å². The van der Waals surface area contributed by atoms with Crippen LogP contribution in [0.4, 0.5) is 0 Å². The summed E-state index contributed by atoms with van der Waals surface area (Å²) in [5.74, 6) is 2.02. The summed E-state index contributed by atoms with van der Waals surface area (Å²) >= 11 is 0. The third kappa shape index (κ3) is 2.23. The SMILES string of the molecule is I.O=C1CCC[C@H]2[C@H]3CCCN4CCC[C@H](CN12)[C@@H]34. The molecule has 4 aliphatic rings. The van der Waals surface area contributed by atoms with Crippen molar-refractivity contribution in [3.63, 3.8) is 0 Å². The lowest BCUT2D eigenvalue weighted by molar-refractivity contribution is -0.150. The van der Waals surface area contributed by atoms with Crippen molar-refractivity contribution < 1.29 is 4.79 Å². The van der Waals surface area contributed by atoms with E-state index in [9.17, 15) is 4.79 Å². The molecule has 4 atom stereocenters. The van der Waals surface area contributed by atoms with Crippen LogP contribution in [0.15, 0.2) is 0 Å². The summed E-state index contributed by atoms with van der Waals surface area (Å²) in [6, 6.07) is 1.41. The lowest BCUT2D eigenvalue weighted by Gasteiger charge is -2.58. The molecule has 1 amide bonds. The topological polar surface area (TPSA) is 23.6 Å². The molecule has 0 unspecified atom stereocenters. The summed E-state index contributed by atoms with van der Waals surface area (Å²) in [7, 11) is 0. The highest BCUT2D eigenvalue weighted by Gasteiger charge is 2.50. The summed E-state index contributed by atoms with van der Waals surface area (Å²) in [5.41, 5.74) is 0. The molecule has 0 radical (unpaired) electrons. The van der Waals surface area contributed by atoms with Gasteiger partial charge in [-0.1, -0.05) is 0 Å². The Morgan fingerprint density at radius 2 is 1.79 bits per heavy atom. The molecule has 3 nitrogen and oxygen atoms in total. The third-order valence-electron chi connectivity index (χ3n) is 5.88. The third-order valence-corrected chi connectivity index (χ3v) is 5.88. The van der Waals surface area contributed by atoms with Crippen molar-refractivity contribution in [1.29, 1.82) is 0 Å². The first kappa shape index (κ1) is 14.1. The van der Waals surface area contributed by atoms with Crippen LogP contribution in [-0.2, 0) is 4.79 Å². The fourth-order valence-corrected chi connectivity index (χ4v) is 5.26. The summed E-state index contributed by atoms with van der Waals surface area (Å²) < 4.78 is 0. The Labute approximate surface area is 133 Å². The largest absolute Gasteiger partial charge is 0.339 e. The van der Waals surface area contributed by atoms with Crippen molar-refractivity contribution in [1.82, 2.24) is 9.80 Å².